The van der Waals surface area contributed by atoms with Crippen LogP contribution in [-0.2, 0) is 32.4 Å². The minimum absolute atomic E-state index is 0.130. The number of aromatic amines is 1. The molecule has 3 N–H and O–H groups in total. The second-order valence-corrected chi connectivity index (χ2v) is 8.92. The largest absolute Gasteiger partial charge is 0.475 e. The van der Waals surface area contributed by atoms with Crippen molar-refractivity contribution < 1.29 is 32.4 Å². The van der Waals surface area contributed by atoms with Crippen molar-refractivity contribution in [3.8, 4) is 0 Å². The van der Waals surface area contributed by atoms with Crippen LogP contribution in [0.1, 0.15) is 33.4 Å². The van der Waals surface area contributed by atoms with Gasteiger partial charge in [0.25, 0.3) is 5.56 Å². The van der Waals surface area contributed by atoms with Gasteiger partial charge in [0.05, 0.1) is 31.3 Å². The van der Waals surface area contributed by atoms with Crippen LogP contribution in [0.5, 0.6) is 0 Å². The number of esters is 1. The lowest BCUT2D eigenvalue weighted by Crippen LogP contribution is -2.55. The molecule has 0 saturated carbocycles. The van der Waals surface area contributed by atoms with Gasteiger partial charge in [-0.1, -0.05) is 0 Å². The molecule has 0 amide bonds. The standard InChI is InChI=1S/C16H24N3O9P/c1-9(2)26-12(21)5-7-24-29(23)25-8-10-13(28-29)16(3,17)14(27-10)19-6-4-11(20)18-15(19)22/h4,6,9-10,13-14H,5,7-8,17H2,1-3H3,(H,18,20,22)/t10-,13-,14-,16-,29-/m1/s1. The first-order chi connectivity index (χ1) is 13.5. The molecule has 13 heteroatoms. The van der Waals surface area contributed by atoms with Crippen molar-refractivity contribution >= 4 is 13.8 Å². The highest BCUT2D eigenvalue weighted by Crippen LogP contribution is 2.58. The van der Waals surface area contributed by atoms with Gasteiger partial charge in [-0.15, -0.1) is 0 Å². The van der Waals surface area contributed by atoms with Gasteiger partial charge < -0.3 is 15.2 Å². The summed E-state index contributed by atoms with van der Waals surface area (Å²) in [5.74, 6) is -0.508. The first-order valence-electron chi connectivity index (χ1n) is 9.04. The van der Waals surface area contributed by atoms with Gasteiger partial charge in [-0.3, -0.25) is 32.7 Å². The van der Waals surface area contributed by atoms with Crippen LogP contribution in [0.25, 0.3) is 0 Å². The number of nitrogens with two attached hydrogens (primary N) is 1. The SMILES string of the molecule is CC(C)OC(=O)CCO[P@]1(=O)OC[C@H]2O[C@@H](n3ccc(=O)[nH]c3=O)[C@](C)(N)[C@@H]2O1. The maximum atomic E-state index is 12.8. The first-order valence-corrected chi connectivity index (χ1v) is 10.5. The number of nitrogens with zero attached hydrogens (tertiary/aromatic N) is 1. The Morgan fingerprint density at radius 3 is 2.86 bits per heavy atom. The summed E-state index contributed by atoms with van der Waals surface area (Å²) in [5, 5.41) is 0. The second kappa shape index (κ2) is 8.13. The monoisotopic (exact) mass is 433 g/mol. The van der Waals surface area contributed by atoms with Gasteiger partial charge in [0.15, 0.2) is 6.23 Å². The van der Waals surface area contributed by atoms with Crippen LogP contribution >= 0.6 is 7.82 Å². The molecule has 12 nitrogen and oxygen atoms in total. The minimum atomic E-state index is -4.00. The van der Waals surface area contributed by atoms with E-state index in [1.54, 1.807) is 20.8 Å². The average molecular weight is 433 g/mol. The summed E-state index contributed by atoms with van der Waals surface area (Å²) in [6, 6.07) is 1.16. The molecule has 0 unspecified atom stereocenters. The summed E-state index contributed by atoms with van der Waals surface area (Å²) in [4.78, 5) is 37.1. The molecule has 0 aliphatic carbocycles. The van der Waals surface area contributed by atoms with Crippen LogP contribution in [0.3, 0.4) is 0 Å². The highest BCUT2D eigenvalue weighted by molar-refractivity contribution is 7.48. The first kappa shape index (κ1) is 21.9. The molecular weight excluding hydrogens is 409 g/mol. The summed E-state index contributed by atoms with van der Waals surface area (Å²) in [6.07, 6.45) is -1.79. The number of rotatable bonds is 6. The third-order valence-electron chi connectivity index (χ3n) is 4.45. The molecule has 0 aromatic carbocycles. The van der Waals surface area contributed by atoms with E-state index in [0.717, 1.165) is 10.6 Å². The number of aromatic nitrogens is 2. The van der Waals surface area contributed by atoms with Gasteiger partial charge in [-0.25, -0.2) is 9.36 Å². The Labute approximate surface area is 165 Å². The molecule has 3 rings (SSSR count). The molecule has 162 valence electrons. The summed E-state index contributed by atoms with van der Waals surface area (Å²) in [6.45, 7) is 4.60. The van der Waals surface area contributed by atoms with E-state index in [0.29, 0.717) is 0 Å². The molecule has 3 heterocycles. The Balaban J connectivity index is 1.69. The molecule has 0 radical (unpaired) electrons. The summed E-state index contributed by atoms with van der Waals surface area (Å²) in [5.41, 5.74) is 3.79. The molecule has 2 aliphatic heterocycles. The summed E-state index contributed by atoms with van der Waals surface area (Å²) in [7, 11) is -4.00. The molecule has 2 saturated heterocycles. The van der Waals surface area contributed by atoms with Gasteiger partial charge in [-0.2, -0.15) is 0 Å². The number of carbonyl (C=O) groups is 1. The van der Waals surface area contributed by atoms with Crippen LogP contribution in [0.15, 0.2) is 21.9 Å². The molecule has 2 fully saturated rings. The second-order valence-electron chi connectivity index (χ2n) is 7.30. The molecule has 1 aromatic rings. The zero-order valence-corrected chi connectivity index (χ0v) is 17.1. The van der Waals surface area contributed by atoms with Crippen LogP contribution in [0, 0.1) is 0 Å². The Morgan fingerprint density at radius 1 is 1.48 bits per heavy atom. The molecular formula is C16H24N3O9P. The van der Waals surface area contributed by atoms with Crippen molar-refractivity contribution in [2.75, 3.05) is 13.2 Å². The van der Waals surface area contributed by atoms with Crippen LogP contribution < -0.4 is 17.0 Å². The fourth-order valence-electron chi connectivity index (χ4n) is 3.17. The fraction of sp³-hybridized carbons (Fsp3) is 0.688. The number of phosphoric ester groups is 1. The van der Waals surface area contributed by atoms with Gasteiger partial charge in [-0.05, 0) is 20.8 Å². The van der Waals surface area contributed by atoms with Gasteiger partial charge >= 0.3 is 19.5 Å². The van der Waals surface area contributed by atoms with E-state index in [-0.39, 0.29) is 25.7 Å². The third-order valence-corrected chi connectivity index (χ3v) is 5.90. The van der Waals surface area contributed by atoms with Crippen molar-refractivity contribution in [3.63, 3.8) is 0 Å². The normalized spacial score (nSPS) is 34.2. The van der Waals surface area contributed by atoms with Crippen molar-refractivity contribution in [2.45, 2.75) is 57.3 Å². The Hall–Kier alpha value is -1.82. The lowest BCUT2D eigenvalue weighted by atomic mass is 9.93. The van der Waals surface area contributed by atoms with E-state index in [1.165, 1.54) is 6.20 Å². The smallest absolute Gasteiger partial charge is 0.463 e. The zero-order chi connectivity index (χ0) is 21.4. The molecule has 0 spiro atoms. The number of phosphoric acid groups is 1. The molecule has 0 bridgehead atoms. The van der Waals surface area contributed by atoms with E-state index in [2.05, 4.69) is 4.98 Å². The topological polar surface area (TPSA) is 161 Å². The Morgan fingerprint density at radius 2 is 2.21 bits per heavy atom. The van der Waals surface area contributed by atoms with E-state index < -0.39 is 49.0 Å². The minimum Gasteiger partial charge on any atom is -0.463 e. The quantitative estimate of drug-likeness (QED) is 0.462. The van der Waals surface area contributed by atoms with E-state index >= 15 is 0 Å². The number of hydrogen-bond acceptors (Lipinski definition) is 10. The predicted molar refractivity (Wildman–Crippen MR) is 98.1 cm³/mol. The van der Waals surface area contributed by atoms with Gasteiger partial charge in [0.2, 0.25) is 0 Å². The molecule has 29 heavy (non-hydrogen) atoms. The summed E-state index contributed by atoms with van der Waals surface area (Å²) >= 11 is 0. The number of carbonyl (C=O) groups excluding carboxylic acids is 1. The van der Waals surface area contributed by atoms with Crippen LogP contribution in [0.2, 0.25) is 0 Å². The number of nitrogens with one attached hydrogen (secondary N) is 1. The van der Waals surface area contributed by atoms with E-state index in [1.807, 2.05) is 0 Å². The van der Waals surface area contributed by atoms with Crippen molar-refractivity contribution in [1.82, 2.24) is 9.55 Å². The highest BCUT2D eigenvalue weighted by atomic mass is 31.2. The van der Waals surface area contributed by atoms with Gasteiger partial charge in [0, 0.05) is 12.3 Å². The van der Waals surface area contributed by atoms with Crippen LogP contribution in [-0.4, -0.2) is 52.6 Å². The average Bonchev–Trinajstić information content (AvgIpc) is 2.85. The molecule has 1 aromatic heterocycles. The zero-order valence-electron chi connectivity index (χ0n) is 16.2. The van der Waals surface area contributed by atoms with Crippen molar-refractivity contribution in [2.24, 2.45) is 5.73 Å². The van der Waals surface area contributed by atoms with Crippen molar-refractivity contribution in [1.29, 1.82) is 0 Å². The third kappa shape index (κ3) is 4.68. The molecule has 2 aliphatic rings. The van der Waals surface area contributed by atoms with Crippen LogP contribution in [0.4, 0.5) is 0 Å². The number of hydrogen-bond donors (Lipinski definition) is 2. The maximum Gasteiger partial charge on any atom is 0.475 e. The lowest BCUT2D eigenvalue weighted by molar-refractivity contribution is -0.148. The number of H-pyrrole nitrogens is 1. The predicted octanol–water partition coefficient (Wildman–Crippen LogP) is 0.0332. The number of fused-ring (bicyclic) bond motifs is 1. The maximum absolute atomic E-state index is 12.8. The Bertz CT molecular complexity index is 925. The van der Waals surface area contributed by atoms with Crippen molar-refractivity contribution in [3.05, 3.63) is 33.1 Å². The van der Waals surface area contributed by atoms with E-state index in [9.17, 15) is 18.9 Å². The highest BCUT2D eigenvalue weighted by Gasteiger charge is 2.59. The van der Waals surface area contributed by atoms with Gasteiger partial charge in [0.1, 0.15) is 12.2 Å². The fourth-order valence-corrected chi connectivity index (χ4v) is 4.66. The lowest BCUT2D eigenvalue weighted by Gasteiger charge is -2.35. The molecule has 5 atom stereocenters. The van der Waals surface area contributed by atoms with E-state index in [4.69, 9.17) is 28.8 Å². The summed E-state index contributed by atoms with van der Waals surface area (Å²) < 4.78 is 40.6. The number of ether oxygens (including phenoxy) is 2. The Kier molecular flexibility index (Phi) is 6.13.